The predicted molar refractivity (Wildman–Crippen MR) is 66.6 cm³/mol. The topological polar surface area (TPSA) is 86.2 Å². The third kappa shape index (κ3) is 3.63. The maximum atomic E-state index is 11.1. The summed E-state index contributed by atoms with van der Waals surface area (Å²) in [6, 6.07) is 3.74. The molecule has 0 fully saturated rings. The van der Waals surface area contributed by atoms with E-state index in [2.05, 4.69) is 25.0 Å². The fourth-order valence-corrected chi connectivity index (χ4v) is 1.34. The molecule has 0 aliphatic carbocycles. The van der Waals surface area contributed by atoms with Crippen LogP contribution in [0.4, 0.5) is 10.6 Å². The van der Waals surface area contributed by atoms with Crippen LogP contribution < -0.4 is 10.1 Å². The highest BCUT2D eigenvalue weighted by atomic mass is 16.7. The Labute approximate surface area is 109 Å². The van der Waals surface area contributed by atoms with Gasteiger partial charge in [-0.05, 0) is 17.7 Å². The highest BCUT2D eigenvalue weighted by Crippen LogP contribution is 2.20. The number of anilines is 1. The molecule has 0 saturated carbocycles. The number of aromatic nitrogens is 3. The van der Waals surface area contributed by atoms with Gasteiger partial charge in [-0.1, -0.05) is 0 Å². The summed E-state index contributed by atoms with van der Waals surface area (Å²) < 4.78 is 9.34. The molecule has 0 atom stereocenters. The Bertz CT molecular complexity index is 548. The van der Waals surface area contributed by atoms with E-state index in [1.54, 1.807) is 12.4 Å². The van der Waals surface area contributed by atoms with Gasteiger partial charge in [0.2, 0.25) is 0 Å². The van der Waals surface area contributed by atoms with Crippen LogP contribution in [-0.4, -0.2) is 28.2 Å². The van der Waals surface area contributed by atoms with Crippen molar-refractivity contribution < 1.29 is 14.3 Å². The van der Waals surface area contributed by atoms with Gasteiger partial charge in [0.15, 0.2) is 11.6 Å². The van der Waals surface area contributed by atoms with Crippen LogP contribution in [0.3, 0.4) is 0 Å². The molecule has 1 N–H and O–H groups in total. The van der Waals surface area contributed by atoms with Gasteiger partial charge in [0.1, 0.15) is 6.33 Å². The summed E-state index contributed by atoms with van der Waals surface area (Å²) in [7, 11) is 1.23. The molecule has 0 saturated heterocycles. The Morgan fingerprint density at radius 3 is 2.84 bits per heavy atom. The van der Waals surface area contributed by atoms with Crippen LogP contribution in [0.5, 0.6) is 5.75 Å². The van der Waals surface area contributed by atoms with E-state index in [1.165, 1.54) is 19.6 Å². The van der Waals surface area contributed by atoms with Gasteiger partial charge in [0, 0.05) is 18.9 Å². The van der Waals surface area contributed by atoms with E-state index >= 15 is 0 Å². The lowest BCUT2D eigenvalue weighted by molar-refractivity contribution is 0.121. The number of ether oxygens (including phenoxy) is 2. The van der Waals surface area contributed by atoms with Crippen molar-refractivity contribution in [2.24, 2.45) is 0 Å². The van der Waals surface area contributed by atoms with Crippen LogP contribution in [0, 0.1) is 0 Å². The molecule has 0 spiro atoms. The number of carbonyl (C=O) groups is 1. The summed E-state index contributed by atoms with van der Waals surface area (Å²) in [6.07, 6.45) is 5.32. The third-order valence-corrected chi connectivity index (χ3v) is 2.25. The van der Waals surface area contributed by atoms with Crippen LogP contribution in [0.2, 0.25) is 0 Å². The van der Waals surface area contributed by atoms with Gasteiger partial charge in [0.25, 0.3) is 0 Å². The van der Waals surface area contributed by atoms with Crippen molar-refractivity contribution in [3.63, 3.8) is 0 Å². The van der Waals surface area contributed by atoms with Crippen LogP contribution in [0.25, 0.3) is 0 Å². The smallest absolute Gasteiger partial charge is 0.437 e. The number of carbonyl (C=O) groups excluding carboxylic acids is 1. The second-order valence-electron chi connectivity index (χ2n) is 3.50. The summed E-state index contributed by atoms with van der Waals surface area (Å²) >= 11 is 0. The van der Waals surface area contributed by atoms with Crippen molar-refractivity contribution in [3.05, 3.63) is 42.6 Å². The van der Waals surface area contributed by atoms with E-state index in [-0.39, 0.29) is 5.75 Å². The molecule has 0 aliphatic heterocycles. The second kappa shape index (κ2) is 6.29. The molecular formula is C12H12N4O3. The van der Waals surface area contributed by atoms with Crippen molar-refractivity contribution >= 4 is 12.0 Å². The number of nitrogens with zero attached hydrogens (tertiary/aromatic N) is 3. The Morgan fingerprint density at radius 1 is 1.32 bits per heavy atom. The number of rotatable bonds is 4. The molecule has 2 aromatic rings. The zero-order valence-electron chi connectivity index (χ0n) is 10.2. The second-order valence-corrected chi connectivity index (χ2v) is 3.50. The number of pyridine rings is 1. The van der Waals surface area contributed by atoms with Gasteiger partial charge in [-0.3, -0.25) is 4.98 Å². The fraction of sp³-hybridized carbons (Fsp3) is 0.167. The first-order chi connectivity index (χ1) is 9.29. The SMILES string of the molecule is COC(=O)Oc1cncnc1NCc1ccncc1. The van der Waals surface area contributed by atoms with Gasteiger partial charge in [0.05, 0.1) is 13.3 Å². The van der Waals surface area contributed by atoms with E-state index in [0.717, 1.165) is 5.56 Å². The molecule has 2 heterocycles. The average molecular weight is 260 g/mol. The average Bonchev–Trinajstić information content (AvgIpc) is 2.47. The Balaban J connectivity index is 2.05. The lowest BCUT2D eigenvalue weighted by atomic mass is 10.3. The predicted octanol–water partition coefficient (Wildman–Crippen LogP) is 1.63. The van der Waals surface area contributed by atoms with Gasteiger partial charge >= 0.3 is 6.16 Å². The number of nitrogens with one attached hydrogen (secondary N) is 1. The molecule has 7 heteroatoms. The Hall–Kier alpha value is -2.70. The quantitative estimate of drug-likeness (QED) is 0.836. The van der Waals surface area contributed by atoms with Crippen LogP contribution in [0.15, 0.2) is 37.1 Å². The van der Waals surface area contributed by atoms with E-state index in [1.807, 2.05) is 12.1 Å². The minimum atomic E-state index is -0.818. The normalized spacial score (nSPS) is 9.74. The van der Waals surface area contributed by atoms with Crippen molar-refractivity contribution in [1.29, 1.82) is 0 Å². The van der Waals surface area contributed by atoms with Gasteiger partial charge in [-0.25, -0.2) is 14.8 Å². The molecule has 0 amide bonds. The molecule has 2 aromatic heterocycles. The first-order valence-corrected chi connectivity index (χ1v) is 5.48. The molecule has 0 bridgehead atoms. The first kappa shape index (κ1) is 12.7. The number of methoxy groups -OCH3 is 1. The summed E-state index contributed by atoms with van der Waals surface area (Å²) in [4.78, 5) is 22.8. The zero-order chi connectivity index (χ0) is 13.5. The maximum absolute atomic E-state index is 11.1. The lowest BCUT2D eigenvalue weighted by Crippen LogP contribution is -2.11. The summed E-state index contributed by atoms with van der Waals surface area (Å²) in [5, 5.41) is 3.05. The van der Waals surface area contributed by atoms with Crippen LogP contribution >= 0.6 is 0 Å². The molecule has 98 valence electrons. The summed E-state index contributed by atoms with van der Waals surface area (Å²) in [6.45, 7) is 0.525. The highest BCUT2D eigenvalue weighted by Gasteiger charge is 2.10. The van der Waals surface area contributed by atoms with Crippen LogP contribution in [-0.2, 0) is 11.3 Å². The van der Waals surface area contributed by atoms with Crippen molar-refractivity contribution in [2.45, 2.75) is 6.54 Å². The first-order valence-electron chi connectivity index (χ1n) is 5.48. The van der Waals surface area contributed by atoms with E-state index in [9.17, 15) is 4.79 Å². The van der Waals surface area contributed by atoms with E-state index in [0.29, 0.717) is 12.4 Å². The minimum absolute atomic E-state index is 0.211. The molecular weight excluding hydrogens is 248 g/mol. The highest BCUT2D eigenvalue weighted by molar-refractivity contribution is 5.66. The van der Waals surface area contributed by atoms with Gasteiger partial charge in [-0.15, -0.1) is 0 Å². The summed E-state index contributed by atoms with van der Waals surface area (Å²) in [5.41, 5.74) is 1.03. The monoisotopic (exact) mass is 260 g/mol. The van der Waals surface area contributed by atoms with Gasteiger partial charge in [-0.2, -0.15) is 0 Å². The van der Waals surface area contributed by atoms with E-state index in [4.69, 9.17) is 4.74 Å². The third-order valence-electron chi connectivity index (χ3n) is 2.25. The van der Waals surface area contributed by atoms with Crippen molar-refractivity contribution in [2.75, 3.05) is 12.4 Å². The standard InChI is InChI=1S/C12H12N4O3/c1-18-12(17)19-10-7-14-8-16-11(10)15-6-9-2-4-13-5-3-9/h2-5,7-8H,6H2,1H3,(H,14,15,16). The van der Waals surface area contributed by atoms with Crippen LogP contribution in [0.1, 0.15) is 5.56 Å². The minimum Gasteiger partial charge on any atom is -0.437 e. The zero-order valence-corrected chi connectivity index (χ0v) is 10.2. The Kier molecular flexibility index (Phi) is 4.22. The Morgan fingerprint density at radius 2 is 2.11 bits per heavy atom. The molecule has 0 aromatic carbocycles. The summed E-state index contributed by atoms with van der Waals surface area (Å²) in [5.74, 6) is 0.626. The molecule has 0 radical (unpaired) electrons. The molecule has 2 rings (SSSR count). The van der Waals surface area contributed by atoms with Crippen molar-refractivity contribution in [1.82, 2.24) is 15.0 Å². The molecule has 0 unspecified atom stereocenters. The fourth-order valence-electron chi connectivity index (χ4n) is 1.34. The number of hydrogen-bond acceptors (Lipinski definition) is 7. The maximum Gasteiger partial charge on any atom is 0.513 e. The van der Waals surface area contributed by atoms with Crippen molar-refractivity contribution in [3.8, 4) is 5.75 Å². The van der Waals surface area contributed by atoms with Gasteiger partial charge < -0.3 is 14.8 Å². The molecule has 19 heavy (non-hydrogen) atoms. The number of hydrogen-bond donors (Lipinski definition) is 1. The largest absolute Gasteiger partial charge is 0.513 e. The molecule has 7 nitrogen and oxygen atoms in total. The van der Waals surface area contributed by atoms with E-state index < -0.39 is 6.16 Å². The lowest BCUT2D eigenvalue weighted by Gasteiger charge is -2.09. The molecule has 0 aliphatic rings.